The fourth-order valence-corrected chi connectivity index (χ4v) is 3.30. The van der Waals surface area contributed by atoms with Gasteiger partial charge >= 0.3 is 21.7 Å². The Morgan fingerprint density at radius 3 is 1.04 bits per heavy atom. The minimum Gasteiger partial charge on any atom is -1.00 e. The Bertz CT molecular complexity index is 529. The van der Waals surface area contributed by atoms with Gasteiger partial charge in [0.25, 0.3) is 0 Å². The fraction of sp³-hybridized carbons (Fsp3) is 0.636. The second-order valence-corrected chi connectivity index (χ2v) is 7.37. The Kier molecular flexibility index (Phi) is 8.05. The molecule has 0 aliphatic heterocycles. The van der Waals surface area contributed by atoms with Gasteiger partial charge in [0.15, 0.2) is 0 Å². The van der Waals surface area contributed by atoms with Crippen molar-refractivity contribution in [1.82, 2.24) is 0 Å². The van der Waals surface area contributed by atoms with Crippen LogP contribution in [0.1, 0.15) is 84.9 Å². The molecule has 0 nitrogen and oxygen atoms in total. The predicted octanol–water partition coefficient (Wildman–Crippen LogP) is 7.23. The van der Waals surface area contributed by atoms with Crippen molar-refractivity contribution in [3.8, 4) is 0 Å². The molecule has 0 aromatic rings. The summed E-state index contributed by atoms with van der Waals surface area (Å²) < 4.78 is 0. The van der Waals surface area contributed by atoms with Gasteiger partial charge in [0, 0.05) is 0 Å². The van der Waals surface area contributed by atoms with Crippen molar-refractivity contribution in [1.29, 1.82) is 0 Å². The van der Waals surface area contributed by atoms with Crippen molar-refractivity contribution in [3.05, 3.63) is 45.6 Å². The first-order valence-electron chi connectivity index (χ1n) is 8.62. The van der Waals surface area contributed by atoms with E-state index < -0.39 is 0 Å². The third-order valence-electron chi connectivity index (χ3n) is 6.25. The van der Waals surface area contributed by atoms with Crippen LogP contribution in [0.3, 0.4) is 0 Å². The molecule has 0 heterocycles. The molecule has 2 aliphatic rings. The minimum absolute atomic E-state index is 0. The van der Waals surface area contributed by atoms with Crippen LogP contribution in [0.2, 0.25) is 0 Å². The molecule has 2 unspecified atom stereocenters. The number of rotatable bonds is 2. The maximum Gasteiger partial charge on any atom is 2.00 e. The van der Waals surface area contributed by atoms with Crippen LogP contribution in [0.5, 0.6) is 0 Å². The molecular weight excluding hydrogens is 312 g/mol. The topological polar surface area (TPSA) is 0 Å². The van der Waals surface area contributed by atoms with Gasteiger partial charge in [-0.1, -0.05) is 79.1 Å². The summed E-state index contributed by atoms with van der Waals surface area (Å²) in [5.41, 5.74) is 9.01. The average Bonchev–Trinajstić information content (AvgIpc) is 2.81. The van der Waals surface area contributed by atoms with E-state index >= 15 is 0 Å². The van der Waals surface area contributed by atoms with Crippen LogP contribution in [-0.2, 0) is 21.7 Å². The minimum atomic E-state index is 0. The zero-order valence-corrected chi connectivity index (χ0v) is 18.5. The van der Waals surface area contributed by atoms with E-state index in [9.17, 15) is 0 Å². The first-order chi connectivity index (χ1) is 10.0. The maximum atomic E-state index is 3.52. The standard InChI is InChI=1S/2C11H17.Ti.2H/c2*1-6-11(5)7-8(2)9(3)10(11)4;;;/h2*6H2,1-5H3;;;/q2*-1;+2;2*-1. The van der Waals surface area contributed by atoms with E-state index in [0.29, 0.717) is 0 Å². The molecule has 1 heteroatoms. The number of hydrogen-bond donors (Lipinski definition) is 0. The van der Waals surface area contributed by atoms with Gasteiger partial charge in [0.05, 0.1) is 0 Å². The summed E-state index contributed by atoms with van der Waals surface area (Å²) in [5, 5.41) is 0. The van der Waals surface area contributed by atoms with Crippen molar-refractivity contribution in [3.63, 3.8) is 0 Å². The molecule has 0 saturated heterocycles. The van der Waals surface area contributed by atoms with Gasteiger partial charge in [0.2, 0.25) is 0 Å². The van der Waals surface area contributed by atoms with Crippen molar-refractivity contribution in [2.75, 3.05) is 0 Å². The molecule has 0 aromatic heterocycles. The third kappa shape index (κ3) is 4.40. The summed E-state index contributed by atoms with van der Waals surface area (Å²) >= 11 is 0. The molecular formula is C22H36Ti-2. The van der Waals surface area contributed by atoms with E-state index in [0.717, 1.165) is 12.8 Å². The SMILES string of the molecule is CCC1(C)[C-]=C(C)C(C)=C1C.CCC1(C)[C-]=C(C)C(C)=C1C.[H-].[H-].[Ti+2]. The fourth-order valence-electron chi connectivity index (χ4n) is 3.30. The van der Waals surface area contributed by atoms with Crippen LogP contribution >= 0.6 is 0 Å². The van der Waals surface area contributed by atoms with Crippen LogP contribution in [0, 0.1) is 23.0 Å². The van der Waals surface area contributed by atoms with Crippen molar-refractivity contribution in [2.24, 2.45) is 10.8 Å². The summed E-state index contributed by atoms with van der Waals surface area (Å²) in [6, 6.07) is 0. The van der Waals surface area contributed by atoms with E-state index in [-0.39, 0.29) is 35.4 Å². The summed E-state index contributed by atoms with van der Waals surface area (Å²) in [5.74, 6) is 0. The molecule has 0 bridgehead atoms. The summed E-state index contributed by atoms with van der Waals surface area (Å²) in [7, 11) is 0. The van der Waals surface area contributed by atoms with Gasteiger partial charge in [-0.25, -0.2) is 11.1 Å². The van der Waals surface area contributed by atoms with E-state index in [2.05, 4.69) is 81.4 Å². The maximum absolute atomic E-state index is 3.52. The second kappa shape index (κ2) is 8.17. The molecule has 0 N–H and O–H groups in total. The van der Waals surface area contributed by atoms with Gasteiger partial charge in [-0.05, 0) is 0 Å². The summed E-state index contributed by atoms with van der Waals surface area (Å²) in [6.07, 6.45) is 9.36. The van der Waals surface area contributed by atoms with Gasteiger partial charge in [-0.3, -0.25) is 12.2 Å². The molecule has 2 aliphatic carbocycles. The van der Waals surface area contributed by atoms with E-state index in [1.54, 1.807) is 0 Å². The van der Waals surface area contributed by atoms with E-state index in [1.165, 1.54) is 33.4 Å². The molecule has 23 heavy (non-hydrogen) atoms. The smallest absolute Gasteiger partial charge is 1.00 e. The Hall–Kier alpha value is -0.326. The Morgan fingerprint density at radius 1 is 0.696 bits per heavy atom. The molecule has 0 saturated carbocycles. The van der Waals surface area contributed by atoms with Gasteiger partial charge in [-0.2, -0.15) is 22.3 Å². The Balaban J connectivity index is -0.000000346. The van der Waals surface area contributed by atoms with Crippen LogP contribution in [-0.4, -0.2) is 0 Å². The summed E-state index contributed by atoms with van der Waals surface area (Å²) in [4.78, 5) is 0. The first kappa shape index (κ1) is 22.7. The van der Waals surface area contributed by atoms with Gasteiger partial charge < -0.3 is 2.85 Å². The molecule has 2 rings (SSSR count). The monoisotopic (exact) mass is 348 g/mol. The molecule has 130 valence electrons. The zero-order valence-electron chi connectivity index (χ0n) is 18.9. The molecule has 0 radical (unpaired) electrons. The largest absolute Gasteiger partial charge is 2.00 e. The molecule has 2 atom stereocenters. The third-order valence-corrected chi connectivity index (χ3v) is 6.25. The van der Waals surface area contributed by atoms with Gasteiger partial charge in [0.1, 0.15) is 0 Å². The summed E-state index contributed by atoms with van der Waals surface area (Å²) in [6.45, 7) is 22.1. The van der Waals surface area contributed by atoms with Gasteiger partial charge in [-0.15, -0.1) is 13.8 Å². The average molecular weight is 348 g/mol. The van der Waals surface area contributed by atoms with Crippen LogP contribution in [0.15, 0.2) is 33.4 Å². The Labute approximate surface area is 163 Å². The van der Waals surface area contributed by atoms with E-state index in [4.69, 9.17) is 0 Å². The zero-order chi connectivity index (χ0) is 17.3. The van der Waals surface area contributed by atoms with Crippen LogP contribution in [0.25, 0.3) is 0 Å². The second-order valence-electron chi connectivity index (χ2n) is 7.37. The van der Waals surface area contributed by atoms with Crippen molar-refractivity contribution < 1.29 is 24.6 Å². The molecule has 0 spiro atoms. The predicted molar refractivity (Wildman–Crippen MR) is 101 cm³/mol. The van der Waals surface area contributed by atoms with Crippen molar-refractivity contribution in [2.45, 2.75) is 82.1 Å². The van der Waals surface area contributed by atoms with Crippen LogP contribution < -0.4 is 0 Å². The number of hydrogen-bond acceptors (Lipinski definition) is 0. The number of allylic oxidation sites excluding steroid dienone is 8. The molecule has 0 aromatic carbocycles. The molecule has 0 fully saturated rings. The normalized spacial score (nSPS) is 29.8. The quantitative estimate of drug-likeness (QED) is 0.365. The first-order valence-corrected chi connectivity index (χ1v) is 8.62. The Morgan fingerprint density at radius 2 is 0.957 bits per heavy atom. The van der Waals surface area contributed by atoms with Crippen molar-refractivity contribution >= 4 is 0 Å². The van der Waals surface area contributed by atoms with Crippen LogP contribution in [0.4, 0.5) is 0 Å². The molecule has 0 amide bonds. The van der Waals surface area contributed by atoms with E-state index in [1.807, 2.05) is 0 Å².